The van der Waals surface area contributed by atoms with Crippen LogP contribution in [0, 0.1) is 5.92 Å². The van der Waals surface area contributed by atoms with E-state index in [9.17, 15) is 14.7 Å². The van der Waals surface area contributed by atoms with E-state index in [1.165, 1.54) is 0 Å². The Morgan fingerprint density at radius 3 is 2.67 bits per heavy atom. The van der Waals surface area contributed by atoms with Crippen molar-refractivity contribution in [2.24, 2.45) is 5.92 Å². The number of aromatic carboxylic acids is 1. The summed E-state index contributed by atoms with van der Waals surface area (Å²) in [6.45, 7) is 3.73. The number of carboxylic acids is 1. The third-order valence-corrected chi connectivity index (χ3v) is 3.29. The molecule has 112 valence electrons. The van der Waals surface area contributed by atoms with Gasteiger partial charge in [0.25, 0.3) is 0 Å². The average Bonchev–Trinajstić information content (AvgIpc) is 2.82. The summed E-state index contributed by atoms with van der Waals surface area (Å²) < 4.78 is 5.16. The zero-order valence-electron chi connectivity index (χ0n) is 12.2. The Morgan fingerprint density at radius 1 is 1.38 bits per heavy atom. The van der Waals surface area contributed by atoms with E-state index in [0.29, 0.717) is 16.8 Å². The normalized spacial score (nSPS) is 10.9. The number of carbonyl (C=O) groups excluding carboxylic acids is 1. The molecule has 0 radical (unpaired) electrons. The Kier molecular flexibility index (Phi) is 4.16. The number of carbonyl (C=O) groups is 2. The molecule has 0 spiro atoms. The van der Waals surface area contributed by atoms with Gasteiger partial charge in [-0.3, -0.25) is 4.79 Å². The molecule has 1 amide bonds. The average molecular weight is 290 g/mol. The summed E-state index contributed by atoms with van der Waals surface area (Å²) in [7, 11) is 1.55. The van der Waals surface area contributed by atoms with Gasteiger partial charge in [0.05, 0.1) is 7.11 Å². The number of hydrogen-bond donors (Lipinski definition) is 3. The summed E-state index contributed by atoms with van der Waals surface area (Å²) in [5.41, 5.74) is 1.33. The fraction of sp³-hybridized carbons (Fsp3) is 0.333. The predicted molar refractivity (Wildman–Crippen MR) is 78.5 cm³/mol. The Hall–Kier alpha value is -2.50. The SMILES string of the molecule is COc1ccc2[nH]c(C(=O)O)c(CNC(=O)C(C)C)c2c1. The third-order valence-electron chi connectivity index (χ3n) is 3.29. The van der Waals surface area contributed by atoms with Crippen molar-refractivity contribution < 1.29 is 19.4 Å². The first-order chi connectivity index (χ1) is 9.93. The number of H-pyrrole nitrogens is 1. The van der Waals surface area contributed by atoms with Gasteiger partial charge in [-0.1, -0.05) is 13.8 Å². The van der Waals surface area contributed by atoms with E-state index in [2.05, 4.69) is 10.3 Å². The zero-order chi connectivity index (χ0) is 15.6. The second-order valence-electron chi connectivity index (χ2n) is 5.07. The molecule has 6 nitrogen and oxygen atoms in total. The molecule has 2 rings (SSSR count). The molecule has 0 unspecified atom stereocenters. The number of ether oxygens (including phenoxy) is 1. The molecule has 1 aromatic carbocycles. The van der Waals surface area contributed by atoms with Crippen LogP contribution in [0.1, 0.15) is 29.9 Å². The van der Waals surface area contributed by atoms with Crippen molar-refractivity contribution in [2.45, 2.75) is 20.4 Å². The Morgan fingerprint density at radius 2 is 2.10 bits per heavy atom. The molecule has 0 saturated carbocycles. The lowest BCUT2D eigenvalue weighted by Gasteiger charge is -2.08. The number of methoxy groups -OCH3 is 1. The van der Waals surface area contributed by atoms with E-state index < -0.39 is 5.97 Å². The first kappa shape index (κ1) is 14.9. The van der Waals surface area contributed by atoms with Gasteiger partial charge in [0.1, 0.15) is 11.4 Å². The van der Waals surface area contributed by atoms with Crippen molar-refractivity contribution in [3.63, 3.8) is 0 Å². The van der Waals surface area contributed by atoms with Gasteiger partial charge in [-0.05, 0) is 18.2 Å². The molecule has 2 aromatic rings. The van der Waals surface area contributed by atoms with E-state index in [1.54, 1.807) is 39.2 Å². The van der Waals surface area contributed by atoms with Gasteiger partial charge in [-0.2, -0.15) is 0 Å². The van der Waals surface area contributed by atoms with Crippen LogP contribution >= 0.6 is 0 Å². The smallest absolute Gasteiger partial charge is 0.352 e. The Labute approximate surface area is 122 Å². The van der Waals surface area contributed by atoms with Crippen LogP contribution in [0.5, 0.6) is 5.75 Å². The number of rotatable bonds is 5. The summed E-state index contributed by atoms with van der Waals surface area (Å²) in [6, 6.07) is 5.27. The highest BCUT2D eigenvalue weighted by Crippen LogP contribution is 2.26. The van der Waals surface area contributed by atoms with Crippen LogP contribution in [0.2, 0.25) is 0 Å². The Balaban J connectivity index is 2.44. The molecule has 0 aliphatic rings. The number of carboxylic acid groups (broad SMARTS) is 1. The van der Waals surface area contributed by atoms with Gasteiger partial charge < -0.3 is 20.1 Å². The van der Waals surface area contributed by atoms with Crippen molar-refractivity contribution in [3.8, 4) is 5.75 Å². The summed E-state index contributed by atoms with van der Waals surface area (Å²) in [6.07, 6.45) is 0. The van der Waals surface area contributed by atoms with E-state index in [0.717, 1.165) is 5.39 Å². The second-order valence-corrected chi connectivity index (χ2v) is 5.07. The molecule has 0 aliphatic carbocycles. The number of fused-ring (bicyclic) bond motifs is 1. The summed E-state index contributed by atoms with van der Waals surface area (Å²) >= 11 is 0. The highest BCUT2D eigenvalue weighted by Gasteiger charge is 2.18. The minimum Gasteiger partial charge on any atom is -0.497 e. The summed E-state index contributed by atoms with van der Waals surface area (Å²) in [4.78, 5) is 25.9. The van der Waals surface area contributed by atoms with Crippen molar-refractivity contribution >= 4 is 22.8 Å². The van der Waals surface area contributed by atoms with Gasteiger partial charge in [-0.15, -0.1) is 0 Å². The molecule has 3 N–H and O–H groups in total. The number of aromatic amines is 1. The fourth-order valence-electron chi connectivity index (χ4n) is 2.10. The molecular formula is C15H18N2O4. The second kappa shape index (κ2) is 5.87. The molecule has 0 bridgehead atoms. The maximum atomic E-state index is 11.7. The van der Waals surface area contributed by atoms with Crippen LogP contribution in [-0.4, -0.2) is 29.1 Å². The van der Waals surface area contributed by atoms with E-state index in [1.807, 2.05) is 0 Å². The van der Waals surface area contributed by atoms with Gasteiger partial charge in [0.15, 0.2) is 0 Å². The quantitative estimate of drug-likeness (QED) is 0.786. The molecule has 0 aliphatic heterocycles. The van der Waals surface area contributed by atoms with Crippen LogP contribution in [0.15, 0.2) is 18.2 Å². The third kappa shape index (κ3) is 2.99. The molecule has 1 aromatic heterocycles. The maximum absolute atomic E-state index is 11.7. The minimum absolute atomic E-state index is 0.0855. The fourth-order valence-corrected chi connectivity index (χ4v) is 2.10. The molecule has 0 atom stereocenters. The number of aromatic nitrogens is 1. The number of benzene rings is 1. The zero-order valence-corrected chi connectivity index (χ0v) is 12.2. The predicted octanol–water partition coefficient (Wildman–Crippen LogP) is 2.15. The minimum atomic E-state index is -1.06. The van der Waals surface area contributed by atoms with Crippen LogP contribution in [-0.2, 0) is 11.3 Å². The highest BCUT2D eigenvalue weighted by atomic mass is 16.5. The summed E-state index contributed by atoms with van der Waals surface area (Å²) in [5, 5.41) is 12.8. The first-order valence-electron chi connectivity index (χ1n) is 6.63. The lowest BCUT2D eigenvalue weighted by molar-refractivity contribution is -0.124. The van der Waals surface area contributed by atoms with Crippen molar-refractivity contribution in [3.05, 3.63) is 29.5 Å². The molecule has 21 heavy (non-hydrogen) atoms. The van der Waals surface area contributed by atoms with Crippen molar-refractivity contribution in [1.82, 2.24) is 10.3 Å². The topological polar surface area (TPSA) is 91.4 Å². The first-order valence-corrected chi connectivity index (χ1v) is 6.63. The maximum Gasteiger partial charge on any atom is 0.352 e. The molecule has 6 heteroatoms. The highest BCUT2D eigenvalue weighted by molar-refractivity contribution is 5.98. The molecule has 1 heterocycles. The van der Waals surface area contributed by atoms with Crippen molar-refractivity contribution in [1.29, 1.82) is 0 Å². The molecule has 0 saturated heterocycles. The van der Waals surface area contributed by atoms with Crippen LogP contribution < -0.4 is 10.1 Å². The number of amides is 1. The standard InChI is InChI=1S/C15H18N2O4/c1-8(2)14(18)16-7-11-10-6-9(21-3)4-5-12(10)17-13(11)15(19)20/h4-6,8,17H,7H2,1-3H3,(H,16,18)(H,19,20). The van der Waals surface area contributed by atoms with Gasteiger partial charge in [0, 0.05) is 28.9 Å². The molecule has 0 fully saturated rings. The molecular weight excluding hydrogens is 272 g/mol. The van der Waals surface area contributed by atoms with Crippen LogP contribution in [0.4, 0.5) is 0 Å². The Bertz CT molecular complexity index is 688. The van der Waals surface area contributed by atoms with E-state index >= 15 is 0 Å². The lowest BCUT2D eigenvalue weighted by atomic mass is 10.1. The van der Waals surface area contributed by atoms with Gasteiger partial charge in [-0.25, -0.2) is 4.79 Å². The largest absolute Gasteiger partial charge is 0.497 e. The van der Waals surface area contributed by atoms with Gasteiger partial charge >= 0.3 is 5.97 Å². The van der Waals surface area contributed by atoms with Gasteiger partial charge in [0.2, 0.25) is 5.91 Å². The lowest BCUT2D eigenvalue weighted by Crippen LogP contribution is -2.27. The van der Waals surface area contributed by atoms with Crippen molar-refractivity contribution in [2.75, 3.05) is 7.11 Å². The van der Waals surface area contributed by atoms with E-state index in [4.69, 9.17) is 4.74 Å². The van der Waals surface area contributed by atoms with E-state index in [-0.39, 0.29) is 24.1 Å². The number of hydrogen-bond acceptors (Lipinski definition) is 3. The van der Waals surface area contributed by atoms with Crippen LogP contribution in [0.25, 0.3) is 10.9 Å². The summed E-state index contributed by atoms with van der Waals surface area (Å²) in [5.74, 6) is -0.699. The van der Waals surface area contributed by atoms with Crippen LogP contribution in [0.3, 0.4) is 0 Å². The number of nitrogens with one attached hydrogen (secondary N) is 2. The monoisotopic (exact) mass is 290 g/mol.